The standard InChI is InChI=1S/C13H22N4O/c1-10(12(18)16(3)4)17-9-15-7-11(17)13(2)5-6-14-8-13/h7,9-10,14H,5-6,8H2,1-4H3. The Balaban J connectivity index is 2.30. The molecule has 0 radical (unpaired) electrons. The van der Waals surface area contributed by atoms with Gasteiger partial charge in [0.25, 0.3) is 0 Å². The summed E-state index contributed by atoms with van der Waals surface area (Å²) in [6.45, 7) is 6.13. The highest BCUT2D eigenvalue weighted by molar-refractivity contribution is 5.79. The van der Waals surface area contributed by atoms with Crippen LogP contribution in [0.25, 0.3) is 0 Å². The molecular formula is C13H22N4O. The molecular weight excluding hydrogens is 228 g/mol. The fourth-order valence-corrected chi connectivity index (χ4v) is 2.61. The molecule has 1 aromatic rings. The van der Waals surface area contributed by atoms with Gasteiger partial charge in [-0.05, 0) is 19.9 Å². The molecule has 1 N–H and O–H groups in total. The number of amides is 1. The van der Waals surface area contributed by atoms with Crippen molar-refractivity contribution in [3.05, 3.63) is 18.2 Å². The Bertz CT molecular complexity index is 432. The minimum absolute atomic E-state index is 0.0807. The summed E-state index contributed by atoms with van der Waals surface area (Å²) in [7, 11) is 3.57. The van der Waals surface area contributed by atoms with Crippen LogP contribution in [0.15, 0.2) is 12.5 Å². The zero-order chi connectivity index (χ0) is 13.3. The van der Waals surface area contributed by atoms with Gasteiger partial charge in [0, 0.05) is 37.9 Å². The van der Waals surface area contributed by atoms with Gasteiger partial charge in [0.15, 0.2) is 0 Å². The van der Waals surface area contributed by atoms with E-state index in [-0.39, 0.29) is 17.4 Å². The van der Waals surface area contributed by atoms with Crippen molar-refractivity contribution in [3.63, 3.8) is 0 Å². The number of likely N-dealkylation sites (N-methyl/N-ethyl adjacent to an activating group) is 1. The Morgan fingerprint density at radius 2 is 2.33 bits per heavy atom. The van der Waals surface area contributed by atoms with E-state index >= 15 is 0 Å². The molecule has 1 amide bonds. The summed E-state index contributed by atoms with van der Waals surface area (Å²) in [5.41, 5.74) is 1.23. The molecule has 0 spiro atoms. The summed E-state index contributed by atoms with van der Waals surface area (Å²) in [4.78, 5) is 17.9. The van der Waals surface area contributed by atoms with Crippen LogP contribution in [-0.2, 0) is 10.2 Å². The Kier molecular flexibility index (Phi) is 3.43. The third kappa shape index (κ3) is 2.14. The third-order valence-corrected chi connectivity index (χ3v) is 3.87. The molecule has 1 saturated heterocycles. The predicted molar refractivity (Wildman–Crippen MR) is 70.5 cm³/mol. The van der Waals surface area contributed by atoms with Gasteiger partial charge in [-0.2, -0.15) is 0 Å². The van der Waals surface area contributed by atoms with Crippen LogP contribution in [0, 0.1) is 0 Å². The number of imidazole rings is 1. The summed E-state index contributed by atoms with van der Waals surface area (Å²) in [5.74, 6) is 0.101. The van der Waals surface area contributed by atoms with E-state index in [1.54, 1.807) is 25.3 Å². The second-order valence-electron chi connectivity index (χ2n) is 5.58. The molecule has 1 fully saturated rings. The average Bonchev–Trinajstić information content (AvgIpc) is 2.95. The molecule has 1 aliphatic rings. The predicted octanol–water partition coefficient (Wildman–Crippen LogP) is 0.783. The maximum Gasteiger partial charge on any atom is 0.244 e. The molecule has 0 aromatic carbocycles. The normalized spacial score (nSPS) is 25.1. The minimum atomic E-state index is -0.199. The Hall–Kier alpha value is -1.36. The van der Waals surface area contributed by atoms with Crippen molar-refractivity contribution in [2.75, 3.05) is 27.2 Å². The molecule has 5 nitrogen and oxygen atoms in total. The molecule has 2 heterocycles. The lowest BCUT2D eigenvalue weighted by atomic mass is 9.86. The molecule has 1 aliphatic heterocycles. The Morgan fingerprint density at radius 1 is 1.61 bits per heavy atom. The van der Waals surface area contributed by atoms with E-state index in [1.165, 1.54) is 0 Å². The van der Waals surface area contributed by atoms with E-state index in [4.69, 9.17) is 0 Å². The van der Waals surface area contributed by atoms with E-state index in [0.717, 1.165) is 25.2 Å². The SMILES string of the molecule is CC(C(=O)N(C)C)n1cncc1C1(C)CCNC1. The number of carbonyl (C=O) groups excluding carboxylic acids is 1. The van der Waals surface area contributed by atoms with Gasteiger partial charge >= 0.3 is 0 Å². The molecule has 100 valence electrons. The summed E-state index contributed by atoms with van der Waals surface area (Å²) >= 11 is 0. The lowest BCUT2D eigenvalue weighted by molar-refractivity contribution is -0.131. The van der Waals surface area contributed by atoms with Gasteiger partial charge in [-0.1, -0.05) is 6.92 Å². The first kappa shape index (κ1) is 13.1. The Labute approximate surface area is 108 Å². The molecule has 2 rings (SSSR count). The number of nitrogens with one attached hydrogen (secondary N) is 1. The maximum absolute atomic E-state index is 12.1. The number of aromatic nitrogens is 2. The van der Waals surface area contributed by atoms with Crippen molar-refractivity contribution in [1.82, 2.24) is 19.8 Å². The van der Waals surface area contributed by atoms with Gasteiger partial charge in [0.05, 0.1) is 6.33 Å². The largest absolute Gasteiger partial charge is 0.347 e. The fourth-order valence-electron chi connectivity index (χ4n) is 2.61. The van der Waals surface area contributed by atoms with Crippen LogP contribution in [0.1, 0.15) is 32.0 Å². The highest BCUT2D eigenvalue weighted by Gasteiger charge is 2.35. The summed E-state index contributed by atoms with van der Waals surface area (Å²) in [5, 5.41) is 3.38. The van der Waals surface area contributed by atoms with Crippen molar-refractivity contribution < 1.29 is 4.79 Å². The first-order chi connectivity index (χ1) is 8.46. The van der Waals surface area contributed by atoms with Crippen LogP contribution in [0.2, 0.25) is 0 Å². The van der Waals surface area contributed by atoms with Gasteiger partial charge in [0.2, 0.25) is 5.91 Å². The van der Waals surface area contributed by atoms with E-state index in [0.29, 0.717) is 0 Å². The van der Waals surface area contributed by atoms with Crippen LogP contribution in [0.5, 0.6) is 0 Å². The quantitative estimate of drug-likeness (QED) is 0.862. The monoisotopic (exact) mass is 250 g/mol. The molecule has 0 bridgehead atoms. The van der Waals surface area contributed by atoms with E-state index in [2.05, 4.69) is 17.2 Å². The van der Waals surface area contributed by atoms with Crippen molar-refractivity contribution in [2.45, 2.75) is 31.7 Å². The van der Waals surface area contributed by atoms with E-state index in [9.17, 15) is 4.79 Å². The summed E-state index contributed by atoms with van der Waals surface area (Å²) in [6.07, 6.45) is 4.75. The summed E-state index contributed by atoms with van der Waals surface area (Å²) < 4.78 is 2.01. The number of hydrogen-bond donors (Lipinski definition) is 1. The topological polar surface area (TPSA) is 50.2 Å². The highest BCUT2D eigenvalue weighted by Crippen LogP contribution is 2.31. The third-order valence-electron chi connectivity index (χ3n) is 3.87. The van der Waals surface area contributed by atoms with Gasteiger partial charge in [-0.3, -0.25) is 4.79 Å². The molecule has 0 saturated carbocycles. The summed E-state index contributed by atoms with van der Waals surface area (Å²) in [6, 6.07) is -0.199. The lowest BCUT2D eigenvalue weighted by Gasteiger charge is -2.27. The molecule has 1 aromatic heterocycles. The van der Waals surface area contributed by atoms with Crippen LogP contribution in [-0.4, -0.2) is 47.5 Å². The molecule has 5 heteroatoms. The molecule has 2 atom stereocenters. The van der Waals surface area contributed by atoms with Crippen molar-refractivity contribution >= 4 is 5.91 Å². The van der Waals surface area contributed by atoms with Crippen LogP contribution in [0.3, 0.4) is 0 Å². The zero-order valence-corrected chi connectivity index (χ0v) is 11.6. The second-order valence-corrected chi connectivity index (χ2v) is 5.58. The zero-order valence-electron chi connectivity index (χ0n) is 11.6. The van der Waals surface area contributed by atoms with E-state index < -0.39 is 0 Å². The second kappa shape index (κ2) is 4.72. The molecule has 18 heavy (non-hydrogen) atoms. The van der Waals surface area contributed by atoms with Crippen molar-refractivity contribution in [1.29, 1.82) is 0 Å². The minimum Gasteiger partial charge on any atom is -0.347 e. The number of carbonyl (C=O) groups is 1. The number of hydrogen-bond acceptors (Lipinski definition) is 3. The smallest absolute Gasteiger partial charge is 0.244 e. The first-order valence-corrected chi connectivity index (χ1v) is 6.40. The van der Waals surface area contributed by atoms with Gasteiger partial charge < -0.3 is 14.8 Å². The first-order valence-electron chi connectivity index (χ1n) is 6.40. The number of nitrogens with zero attached hydrogens (tertiary/aromatic N) is 3. The van der Waals surface area contributed by atoms with Crippen molar-refractivity contribution in [2.24, 2.45) is 0 Å². The van der Waals surface area contributed by atoms with Gasteiger partial charge in [0.1, 0.15) is 6.04 Å². The molecule has 0 aliphatic carbocycles. The van der Waals surface area contributed by atoms with Gasteiger partial charge in [-0.15, -0.1) is 0 Å². The Morgan fingerprint density at radius 3 is 2.89 bits per heavy atom. The maximum atomic E-state index is 12.1. The highest BCUT2D eigenvalue weighted by atomic mass is 16.2. The fraction of sp³-hybridized carbons (Fsp3) is 0.692. The molecule has 2 unspecified atom stereocenters. The van der Waals surface area contributed by atoms with Gasteiger partial charge in [-0.25, -0.2) is 4.98 Å². The van der Waals surface area contributed by atoms with E-state index in [1.807, 2.05) is 17.7 Å². The number of rotatable bonds is 3. The van der Waals surface area contributed by atoms with Crippen molar-refractivity contribution in [3.8, 4) is 0 Å². The van der Waals surface area contributed by atoms with Crippen LogP contribution in [0.4, 0.5) is 0 Å². The van der Waals surface area contributed by atoms with Crippen LogP contribution < -0.4 is 5.32 Å². The van der Waals surface area contributed by atoms with Crippen LogP contribution >= 0.6 is 0 Å². The average molecular weight is 250 g/mol. The lowest BCUT2D eigenvalue weighted by Crippen LogP contribution is -2.34.